The first-order chi connectivity index (χ1) is 8.26. The summed E-state index contributed by atoms with van der Waals surface area (Å²) in [6, 6.07) is 4.12. The highest BCUT2D eigenvalue weighted by Gasteiger charge is 2.26. The highest BCUT2D eigenvalue weighted by molar-refractivity contribution is 5.94. The van der Waals surface area contributed by atoms with E-state index in [1.165, 1.54) is 25.3 Å². The predicted octanol–water partition coefficient (Wildman–Crippen LogP) is 2.56. The third kappa shape index (κ3) is 3.19. The molecular weight excluding hydrogens is 238 g/mol. The average molecular weight is 253 g/mol. The molecule has 0 aromatic heterocycles. The second-order valence-corrected chi connectivity index (χ2v) is 4.62. The molecule has 0 unspecified atom stereocenters. The Kier molecular flexibility index (Phi) is 3.90. The molecule has 0 aliphatic rings. The number of para-hydroxylation sites is 1. The van der Waals surface area contributed by atoms with Crippen LogP contribution in [-0.4, -0.2) is 23.6 Å². The van der Waals surface area contributed by atoms with E-state index in [0.29, 0.717) is 0 Å². The van der Waals surface area contributed by atoms with Crippen LogP contribution in [-0.2, 0) is 4.74 Å². The molecule has 98 valence electrons. The smallest absolute Gasteiger partial charge is 0.342 e. The van der Waals surface area contributed by atoms with Gasteiger partial charge in [-0.25, -0.2) is 4.79 Å². The first-order valence-corrected chi connectivity index (χ1v) is 5.31. The molecule has 6 nitrogen and oxygen atoms in total. The Morgan fingerprint density at radius 1 is 1.33 bits per heavy atom. The summed E-state index contributed by atoms with van der Waals surface area (Å²) in [6.07, 6.45) is 0. The van der Waals surface area contributed by atoms with Crippen molar-refractivity contribution in [3.63, 3.8) is 0 Å². The molecule has 0 heterocycles. The van der Waals surface area contributed by atoms with Crippen LogP contribution in [0.5, 0.6) is 5.75 Å². The van der Waals surface area contributed by atoms with E-state index in [0.717, 1.165) is 0 Å². The first-order valence-electron chi connectivity index (χ1n) is 5.31. The molecule has 0 fully saturated rings. The molecule has 6 heteroatoms. The van der Waals surface area contributed by atoms with Gasteiger partial charge in [0.2, 0.25) is 5.75 Å². The van der Waals surface area contributed by atoms with Crippen LogP contribution in [0.4, 0.5) is 5.69 Å². The van der Waals surface area contributed by atoms with Gasteiger partial charge in [0.15, 0.2) is 0 Å². The Morgan fingerprint density at radius 2 is 1.94 bits per heavy atom. The molecular formula is C12H15NO5. The maximum absolute atomic E-state index is 11.9. The Balaban J connectivity index is 3.21. The van der Waals surface area contributed by atoms with Crippen molar-refractivity contribution < 1.29 is 19.2 Å². The van der Waals surface area contributed by atoms with Gasteiger partial charge in [0.05, 0.1) is 12.0 Å². The zero-order valence-electron chi connectivity index (χ0n) is 10.7. The number of carbonyl (C=O) groups excluding carboxylic acids is 1. The van der Waals surface area contributed by atoms with Crippen LogP contribution in [0.2, 0.25) is 0 Å². The van der Waals surface area contributed by atoms with E-state index in [2.05, 4.69) is 0 Å². The summed E-state index contributed by atoms with van der Waals surface area (Å²) in [5.41, 5.74) is -0.894. The Morgan fingerprint density at radius 3 is 2.39 bits per heavy atom. The molecule has 0 N–H and O–H groups in total. The summed E-state index contributed by atoms with van der Waals surface area (Å²) in [5.74, 6) is -0.736. The topological polar surface area (TPSA) is 78.7 Å². The van der Waals surface area contributed by atoms with Crippen LogP contribution in [0, 0.1) is 10.1 Å². The number of ether oxygens (including phenoxy) is 2. The third-order valence-electron chi connectivity index (χ3n) is 2.01. The molecule has 0 spiro atoms. The maximum Gasteiger partial charge on any atom is 0.342 e. The lowest BCUT2D eigenvalue weighted by Crippen LogP contribution is -2.24. The van der Waals surface area contributed by atoms with E-state index in [-0.39, 0.29) is 17.0 Å². The van der Waals surface area contributed by atoms with Crippen LogP contribution >= 0.6 is 0 Å². The van der Waals surface area contributed by atoms with Gasteiger partial charge in [-0.2, -0.15) is 0 Å². The molecule has 0 saturated carbocycles. The van der Waals surface area contributed by atoms with Crippen molar-refractivity contribution in [1.82, 2.24) is 0 Å². The van der Waals surface area contributed by atoms with Crippen LogP contribution < -0.4 is 4.74 Å². The number of nitro benzene ring substituents is 1. The lowest BCUT2D eigenvalue weighted by Gasteiger charge is -2.20. The number of methoxy groups -OCH3 is 1. The highest BCUT2D eigenvalue weighted by Crippen LogP contribution is 2.31. The lowest BCUT2D eigenvalue weighted by atomic mass is 10.1. The third-order valence-corrected chi connectivity index (χ3v) is 2.01. The standard InChI is InChI=1S/C12H15NO5/c1-12(2,3)18-11(14)8-6-5-7-9(13(15)16)10(8)17-4/h5-7H,1-4H3. The Hall–Kier alpha value is -2.11. The van der Waals surface area contributed by atoms with Crippen molar-refractivity contribution in [3.05, 3.63) is 33.9 Å². The minimum Gasteiger partial charge on any atom is -0.490 e. The molecule has 1 rings (SSSR count). The van der Waals surface area contributed by atoms with Gasteiger partial charge in [-0.05, 0) is 26.8 Å². The molecule has 18 heavy (non-hydrogen) atoms. The highest BCUT2D eigenvalue weighted by atomic mass is 16.6. The maximum atomic E-state index is 11.9. The fourth-order valence-electron chi connectivity index (χ4n) is 1.38. The number of nitro groups is 1. The number of rotatable bonds is 3. The predicted molar refractivity (Wildman–Crippen MR) is 64.8 cm³/mol. The van der Waals surface area contributed by atoms with Gasteiger partial charge >= 0.3 is 11.7 Å². The zero-order chi connectivity index (χ0) is 13.9. The van der Waals surface area contributed by atoms with E-state index in [9.17, 15) is 14.9 Å². The van der Waals surface area contributed by atoms with Crippen LogP contribution in [0.1, 0.15) is 31.1 Å². The number of carbonyl (C=O) groups is 1. The van der Waals surface area contributed by atoms with Gasteiger partial charge < -0.3 is 9.47 Å². The first kappa shape index (κ1) is 14.0. The monoisotopic (exact) mass is 253 g/mol. The van der Waals surface area contributed by atoms with Crippen LogP contribution in [0.3, 0.4) is 0 Å². The minimum atomic E-state index is -0.674. The van der Waals surface area contributed by atoms with Crippen molar-refractivity contribution in [1.29, 1.82) is 0 Å². The van der Waals surface area contributed by atoms with Crippen molar-refractivity contribution in [2.24, 2.45) is 0 Å². The summed E-state index contributed by atoms with van der Waals surface area (Å²) in [5, 5.41) is 10.8. The van der Waals surface area contributed by atoms with Gasteiger partial charge in [-0.1, -0.05) is 6.07 Å². The summed E-state index contributed by atoms with van der Waals surface area (Å²) >= 11 is 0. The summed E-state index contributed by atoms with van der Waals surface area (Å²) < 4.78 is 10.1. The van der Waals surface area contributed by atoms with Gasteiger partial charge in [0, 0.05) is 6.07 Å². The summed E-state index contributed by atoms with van der Waals surface area (Å²) in [6.45, 7) is 5.15. The van der Waals surface area contributed by atoms with Gasteiger partial charge in [0.1, 0.15) is 11.2 Å². The fraction of sp³-hybridized carbons (Fsp3) is 0.417. The molecule has 0 aliphatic carbocycles. The Labute approximate surface area is 105 Å². The average Bonchev–Trinajstić information content (AvgIpc) is 2.25. The van der Waals surface area contributed by atoms with Gasteiger partial charge in [-0.15, -0.1) is 0 Å². The van der Waals surface area contributed by atoms with Gasteiger partial charge in [0.25, 0.3) is 0 Å². The zero-order valence-corrected chi connectivity index (χ0v) is 10.7. The number of esters is 1. The van der Waals surface area contributed by atoms with Crippen molar-refractivity contribution in [2.45, 2.75) is 26.4 Å². The van der Waals surface area contributed by atoms with Gasteiger partial charge in [-0.3, -0.25) is 10.1 Å². The largest absolute Gasteiger partial charge is 0.490 e. The summed E-state index contributed by atoms with van der Waals surface area (Å²) in [7, 11) is 1.27. The van der Waals surface area contributed by atoms with E-state index in [1.807, 2.05) is 0 Å². The Bertz CT molecular complexity index is 476. The molecule has 1 aromatic carbocycles. The number of hydrogen-bond acceptors (Lipinski definition) is 5. The lowest BCUT2D eigenvalue weighted by molar-refractivity contribution is -0.385. The molecule has 0 bridgehead atoms. The quantitative estimate of drug-likeness (QED) is 0.470. The molecule has 0 radical (unpaired) electrons. The van der Waals surface area contributed by atoms with Crippen LogP contribution in [0.15, 0.2) is 18.2 Å². The van der Waals surface area contributed by atoms with Crippen LogP contribution in [0.25, 0.3) is 0 Å². The molecule has 0 saturated heterocycles. The van der Waals surface area contributed by atoms with E-state index >= 15 is 0 Å². The van der Waals surface area contributed by atoms with E-state index < -0.39 is 16.5 Å². The second-order valence-electron chi connectivity index (χ2n) is 4.62. The molecule has 0 aliphatic heterocycles. The van der Waals surface area contributed by atoms with E-state index in [4.69, 9.17) is 9.47 Å². The molecule has 0 atom stereocenters. The second kappa shape index (κ2) is 5.03. The number of benzene rings is 1. The van der Waals surface area contributed by atoms with Crippen molar-refractivity contribution >= 4 is 11.7 Å². The molecule has 1 aromatic rings. The van der Waals surface area contributed by atoms with Crippen molar-refractivity contribution in [3.8, 4) is 5.75 Å². The summed E-state index contributed by atoms with van der Waals surface area (Å²) in [4.78, 5) is 22.1. The normalized spacial score (nSPS) is 10.9. The fourth-order valence-corrected chi connectivity index (χ4v) is 1.38. The number of nitrogens with zero attached hydrogens (tertiary/aromatic N) is 1. The minimum absolute atomic E-state index is 0.0432. The molecule has 0 amide bonds. The van der Waals surface area contributed by atoms with Crippen molar-refractivity contribution in [2.75, 3.05) is 7.11 Å². The SMILES string of the molecule is COc1c(C(=O)OC(C)(C)C)cccc1[N+](=O)[O-]. The van der Waals surface area contributed by atoms with E-state index in [1.54, 1.807) is 20.8 Å². The number of hydrogen-bond donors (Lipinski definition) is 0.